The lowest BCUT2D eigenvalue weighted by atomic mass is 9.82. The van der Waals surface area contributed by atoms with Crippen LogP contribution in [0.25, 0.3) is 0 Å². The minimum atomic E-state index is -0.517. The van der Waals surface area contributed by atoms with E-state index in [4.69, 9.17) is 4.74 Å². The zero-order valence-electron chi connectivity index (χ0n) is 11.0. The lowest BCUT2D eigenvalue weighted by molar-refractivity contribution is -0.157. The SMILES string of the molecule is C=CCC1(COC(=O)C(C)(C)C)CCCC1=O. The molecule has 1 rings (SSSR count). The highest BCUT2D eigenvalue weighted by atomic mass is 16.5. The van der Waals surface area contributed by atoms with Gasteiger partial charge in [-0.3, -0.25) is 9.59 Å². The number of allylic oxidation sites excluding steroid dienone is 1. The Kier molecular flexibility index (Phi) is 4.12. The van der Waals surface area contributed by atoms with Gasteiger partial charge in [0.2, 0.25) is 0 Å². The summed E-state index contributed by atoms with van der Waals surface area (Å²) in [6.07, 6.45) is 4.63. The molecule has 0 spiro atoms. The molecule has 0 N–H and O–H groups in total. The van der Waals surface area contributed by atoms with Crippen LogP contribution in [0.15, 0.2) is 12.7 Å². The van der Waals surface area contributed by atoms with E-state index in [0.717, 1.165) is 12.8 Å². The highest BCUT2D eigenvalue weighted by molar-refractivity contribution is 5.87. The smallest absolute Gasteiger partial charge is 0.311 e. The van der Waals surface area contributed by atoms with Gasteiger partial charge < -0.3 is 4.74 Å². The summed E-state index contributed by atoms with van der Waals surface area (Å²) in [6, 6.07) is 0. The number of esters is 1. The van der Waals surface area contributed by atoms with E-state index in [-0.39, 0.29) is 18.4 Å². The number of hydrogen-bond acceptors (Lipinski definition) is 3. The fourth-order valence-corrected chi connectivity index (χ4v) is 2.12. The molecule has 1 aliphatic rings. The van der Waals surface area contributed by atoms with Crippen molar-refractivity contribution < 1.29 is 14.3 Å². The van der Waals surface area contributed by atoms with Crippen molar-refractivity contribution in [3.63, 3.8) is 0 Å². The predicted molar refractivity (Wildman–Crippen MR) is 66.5 cm³/mol. The van der Waals surface area contributed by atoms with Gasteiger partial charge in [-0.2, -0.15) is 0 Å². The van der Waals surface area contributed by atoms with E-state index in [9.17, 15) is 9.59 Å². The summed E-state index contributed by atoms with van der Waals surface area (Å²) in [5.74, 6) is -0.0419. The minimum Gasteiger partial charge on any atom is -0.464 e. The molecule has 17 heavy (non-hydrogen) atoms. The Labute approximate surface area is 103 Å². The Morgan fingerprint density at radius 1 is 1.53 bits per heavy atom. The monoisotopic (exact) mass is 238 g/mol. The number of hydrogen-bond donors (Lipinski definition) is 0. The molecule has 1 atom stereocenters. The summed E-state index contributed by atoms with van der Waals surface area (Å²) in [6.45, 7) is 9.32. The van der Waals surface area contributed by atoms with Crippen molar-refractivity contribution in [3.8, 4) is 0 Å². The van der Waals surface area contributed by atoms with Crippen LogP contribution < -0.4 is 0 Å². The molecule has 1 saturated carbocycles. The van der Waals surface area contributed by atoms with E-state index >= 15 is 0 Å². The third kappa shape index (κ3) is 3.18. The lowest BCUT2D eigenvalue weighted by Crippen LogP contribution is -2.34. The van der Waals surface area contributed by atoms with Crippen LogP contribution in [0.4, 0.5) is 0 Å². The molecule has 0 bridgehead atoms. The molecule has 0 saturated heterocycles. The third-order valence-electron chi connectivity index (χ3n) is 3.28. The molecular formula is C14H22O3. The van der Waals surface area contributed by atoms with E-state index in [2.05, 4.69) is 6.58 Å². The summed E-state index contributed by atoms with van der Waals surface area (Å²) in [5, 5.41) is 0. The molecule has 3 nitrogen and oxygen atoms in total. The van der Waals surface area contributed by atoms with Gasteiger partial charge in [-0.15, -0.1) is 6.58 Å². The van der Waals surface area contributed by atoms with Gasteiger partial charge in [0.05, 0.1) is 10.8 Å². The summed E-state index contributed by atoms with van der Waals surface area (Å²) in [5.41, 5.74) is -1.01. The normalized spacial score (nSPS) is 24.8. The number of carbonyl (C=O) groups is 2. The van der Waals surface area contributed by atoms with Gasteiger partial charge in [-0.1, -0.05) is 6.08 Å². The van der Waals surface area contributed by atoms with Crippen LogP contribution in [-0.4, -0.2) is 18.4 Å². The Hall–Kier alpha value is -1.12. The second-order valence-electron chi connectivity index (χ2n) is 5.88. The number of carbonyl (C=O) groups excluding carboxylic acids is 2. The Bertz CT molecular complexity index is 325. The average molecular weight is 238 g/mol. The van der Waals surface area contributed by atoms with Gasteiger partial charge in [-0.25, -0.2) is 0 Å². The van der Waals surface area contributed by atoms with Gasteiger partial charge in [0, 0.05) is 6.42 Å². The first kappa shape index (κ1) is 13.9. The fraction of sp³-hybridized carbons (Fsp3) is 0.714. The number of Topliss-reactive ketones (excluding diaryl/α,β-unsaturated/α-hetero) is 1. The first-order valence-corrected chi connectivity index (χ1v) is 6.13. The second-order valence-corrected chi connectivity index (χ2v) is 5.88. The van der Waals surface area contributed by atoms with Crippen molar-refractivity contribution in [2.75, 3.05) is 6.61 Å². The van der Waals surface area contributed by atoms with Gasteiger partial charge in [0.1, 0.15) is 12.4 Å². The molecule has 0 aromatic heterocycles. The third-order valence-corrected chi connectivity index (χ3v) is 3.28. The number of ether oxygens (including phenoxy) is 1. The van der Waals surface area contributed by atoms with Crippen molar-refractivity contribution >= 4 is 11.8 Å². The highest BCUT2D eigenvalue weighted by Gasteiger charge is 2.42. The van der Waals surface area contributed by atoms with Crippen LogP contribution in [-0.2, 0) is 14.3 Å². The van der Waals surface area contributed by atoms with Crippen LogP contribution in [0.2, 0.25) is 0 Å². The fourth-order valence-electron chi connectivity index (χ4n) is 2.12. The predicted octanol–water partition coefficient (Wildman–Crippen LogP) is 2.89. The molecule has 0 heterocycles. The van der Waals surface area contributed by atoms with Crippen LogP contribution >= 0.6 is 0 Å². The summed E-state index contributed by atoms with van der Waals surface area (Å²) < 4.78 is 5.31. The molecule has 0 aliphatic heterocycles. The summed E-state index contributed by atoms with van der Waals surface area (Å²) >= 11 is 0. The summed E-state index contributed by atoms with van der Waals surface area (Å²) in [4.78, 5) is 23.6. The topological polar surface area (TPSA) is 43.4 Å². The highest BCUT2D eigenvalue weighted by Crippen LogP contribution is 2.39. The van der Waals surface area contributed by atoms with Crippen LogP contribution in [0.3, 0.4) is 0 Å². The van der Waals surface area contributed by atoms with E-state index < -0.39 is 10.8 Å². The van der Waals surface area contributed by atoms with Crippen LogP contribution in [0, 0.1) is 10.8 Å². The Morgan fingerprint density at radius 2 is 2.18 bits per heavy atom. The Morgan fingerprint density at radius 3 is 2.59 bits per heavy atom. The van der Waals surface area contributed by atoms with E-state index in [0.29, 0.717) is 12.8 Å². The number of rotatable bonds is 4. The second kappa shape index (κ2) is 5.03. The first-order valence-electron chi connectivity index (χ1n) is 6.13. The first-order chi connectivity index (χ1) is 7.82. The molecule has 0 aromatic rings. The van der Waals surface area contributed by atoms with Crippen LogP contribution in [0.1, 0.15) is 46.5 Å². The lowest BCUT2D eigenvalue weighted by Gasteiger charge is -2.27. The van der Waals surface area contributed by atoms with Crippen molar-refractivity contribution in [2.45, 2.75) is 46.5 Å². The molecule has 1 aliphatic carbocycles. The number of ketones is 1. The molecule has 0 radical (unpaired) electrons. The van der Waals surface area contributed by atoms with Crippen molar-refractivity contribution in [1.82, 2.24) is 0 Å². The zero-order valence-corrected chi connectivity index (χ0v) is 11.0. The van der Waals surface area contributed by atoms with Crippen molar-refractivity contribution in [2.24, 2.45) is 10.8 Å². The maximum Gasteiger partial charge on any atom is 0.311 e. The molecule has 1 unspecified atom stereocenters. The van der Waals surface area contributed by atoms with Crippen molar-refractivity contribution in [1.29, 1.82) is 0 Å². The van der Waals surface area contributed by atoms with Gasteiger partial charge in [-0.05, 0) is 40.0 Å². The van der Waals surface area contributed by atoms with E-state index in [1.807, 2.05) is 20.8 Å². The van der Waals surface area contributed by atoms with E-state index in [1.54, 1.807) is 6.08 Å². The molecule has 1 fully saturated rings. The molecule has 0 aromatic carbocycles. The van der Waals surface area contributed by atoms with Gasteiger partial charge in [0.15, 0.2) is 0 Å². The molecule has 0 amide bonds. The minimum absolute atomic E-state index is 0.202. The van der Waals surface area contributed by atoms with Crippen molar-refractivity contribution in [3.05, 3.63) is 12.7 Å². The maximum atomic E-state index is 11.9. The average Bonchev–Trinajstić information content (AvgIpc) is 2.57. The van der Waals surface area contributed by atoms with E-state index in [1.165, 1.54) is 0 Å². The standard InChI is InChI=1S/C14H22O3/c1-5-8-14(9-6-7-11(14)15)10-17-12(16)13(2,3)4/h5H,1,6-10H2,2-4H3. The molecule has 3 heteroatoms. The zero-order chi connectivity index (χ0) is 13.1. The summed E-state index contributed by atoms with van der Waals surface area (Å²) in [7, 11) is 0. The van der Waals surface area contributed by atoms with Crippen LogP contribution in [0.5, 0.6) is 0 Å². The maximum absolute atomic E-state index is 11.9. The molecular weight excluding hydrogens is 216 g/mol. The van der Waals surface area contributed by atoms with Gasteiger partial charge >= 0.3 is 5.97 Å². The van der Waals surface area contributed by atoms with Gasteiger partial charge in [0.25, 0.3) is 0 Å². The molecule has 96 valence electrons. The quantitative estimate of drug-likeness (QED) is 0.558. The largest absolute Gasteiger partial charge is 0.464 e. The Balaban J connectivity index is 2.66.